The molecule has 2 rings (SSSR count). The summed E-state index contributed by atoms with van der Waals surface area (Å²) in [4.78, 5) is 29.2. The number of aliphatic hydroxyl groups is 1. The van der Waals surface area contributed by atoms with Crippen LogP contribution < -0.4 is 0 Å². The molecule has 0 radical (unpaired) electrons. The minimum absolute atomic E-state index is 0.0904. The van der Waals surface area contributed by atoms with Gasteiger partial charge in [-0.25, -0.2) is 0 Å². The number of carbonyl (C=O) groups is 2. The average molecular weight is 389 g/mol. The van der Waals surface area contributed by atoms with Gasteiger partial charge in [0.2, 0.25) is 0 Å². The third-order valence-electron chi connectivity index (χ3n) is 4.92. The monoisotopic (exact) mass is 388 g/mol. The van der Waals surface area contributed by atoms with Gasteiger partial charge in [0, 0.05) is 33.4 Å². The molecule has 1 aliphatic heterocycles. The number of imide groups is 1. The summed E-state index contributed by atoms with van der Waals surface area (Å²) >= 11 is 0. The highest BCUT2D eigenvalue weighted by molar-refractivity contribution is 6.35. The summed E-state index contributed by atoms with van der Waals surface area (Å²) in [6.45, 7) is 7.80. The first-order valence-corrected chi connectivity index (χ1v) is 10.00. The van der Waals surface area contributed by atoms with Gasteiger partial charge in [0.1, 0.15) is 5.70 Å². The number of carbonyl (C=O) groups excluding carboxylic acids is 2. The molecule has 6 nitrogen and oxygen atoms in total. The Morgan fingerprint density at radius 3 is 2.46 bits per heavy atom. The van der Waals surface area contributed by atoms with E-state index < -0.39 is 0 Å². The van der Waals surface area contributed by atoms with Crippen molar-refractivity contribution in [1.29, 1.82) is 0 Å². The van der Waals surface area contributed by atoms with Crippen molar-refractivity contribution in [3.05, 3.63) is 40.6 Å². The molecule has 0 atom stereocenters. The number of likely N-dealkylation sites (N-methyl/N-ethyl adjacent to an activating group) is 1. The van der Waals surface area contributed by atoms with Crippen LogP contribution in [0, 0.1) is 13.8 Å². The fourth-order valence-electron chi connectivity index (χ4n) is 3.39. The maximum absolute atomic E-state index is 13.2. The van der Waals surface area contributed by atoms with E-state index >= 15 is 0 Å². The molecule has 1 heterocycles. The topological polar surface area (TPSA) is 70.1 Å². The van der Waals surface area contributed by atoms with Crippen LogP contribution in [-0.2, 0) is 14.3 Å². The molecule has 0 spiro atoms. The quantitative estimate of drug-likeness (QED) is 0.466. The molecule has 0 saturated carbocycles. The molecule has 1 aromatic carbocycles. The van der Waals surface area contributed by atoms with Crippen molar-refractivity contribution in [2.45, 2.75) is 40.0 Å². The molecule has 0 bridgehead atoms. The molecular formula is C22H32N2O4. The number of hydrogen-bond donors (Lipinski definition) is 1. The van der Waals surface area contributed by atoms with E-state index in [4.69, 9.17) is 4.74 Å². The van der Waals surface area contributed by atoms with Gasteiger partial charge in [-0.15, -0.1) is 0 Å². The largest absolute Gasteiger partial charge is 0.395 e. The maximum atomic E-state index is 13.2. The van der Waals surface area contributed by atoms with Crippen LogP contribution in [0.3, 0.4) is 0 Å². The van der Waals surface area contributed by atoms with Crippen molar-refractivity contribution in [2.24, 2.45) is 0 Å². The predicted octanol–water partition coefficient (Wildman–Crippen LogP) is 2.51. The minimum atomic E-state index is -0.301. The zero-order chi connectivity index (χ0) is 20.7. The summed E-state index contributed by atoms with van der Waals surface area (Å²) in [6.07, 6.45) is 2.70. The number of aryl methyl sites for hydroxylation is 2. The van der Waals surface area contributed by atoms with Gasteiger partial charge in [-0.1, -0.05) is 37.1 Å². The molecule has 0 saturated heterocycles. The maximum Gasteiger partial charge on any atom is 0.277 e. The van der Waals surface area contributed by atoms with E-state index in [1.54, 1.807) is 11.9 Å². The van der Waals surface area contributed by atoms with E-state index in [-0.39, 0.29) is 25.0 Å². The number of unbranched alkanes of at least 4 members (excludes halogenated alkanes) is 1. The molecule has 6 heteroatoms. The first kappa shape index (κ1) is 22.1. The highest BCUT2D eigenvalue weighted by Crippen LogP contribution is 2.33. The standard InChI is InChI=1S/C22H32N2O4/c1-5-6-13-28-14-7-10-24-21(26)19(18-9-8-16(2)15-17(18)3)20(22(24)27)23(4)11-12-25/h8-9,15,25H,5-7,10-14H2,1-4H3. The fourth-order valence-corrected chi connectivity index (χ4v) is 3.39. The Morgan fingerprint density at radius 2 is 1.82 bits per heavy atom. The van der Waals surface area contributed by atoms with Gasteiger partial charge in [-0.05, 0) is 37.8 Å². The summed E-state index contributed by atoms with van der Waals surface area (Å²) in [5.41, 5.74) is 3.61. The Hall–Kier alpha value is -2.18. The van der Waals surface area contributed by atoms with Crippen molar-refractivity contribution in [3.63, 3.8) is 0 Å². The van der Waals surface area contributed by atoms with Crippen molar-refractivity contribution >= 4 is 17.4 Å². The van der Waals surface area contributed by atoms with E-state index in [1.807, 2.05) is 32.0 Å². The molecule has 0 aliphatic carbocycles. The highest BCUT2D eigenvalue weighted by Gasteiger charge is 2.40. The van der Waals surface area contributed by atoms with Crippen LogP contribution in [0.15, 0.2) is 23.9 Å². The van der Waals surface area contributed by atoms with Gasteiger partial charge in [0.05, 0.1) is 12.2 Å². The minimum Gasteiger partial charge on any atom is -0.395 e. The smallest absolute Gasteiger partial charge is 0.277 e. The van der Waals surface area contributed by atoms with Crippen molar-refractivity contribution < 1.29 is 19.4 Å². The molecule has 2 amide bonds. The van der Waals surface area contributed by atoms with Crippen LogP contribution in [0.2, 0.25) is 0 Å². The van der Waals surface area contributed by atoms with Crippen LogP contribution in [0.4, 0.5) is 0 Å². The second kappa shape index (κ2) is 10.4. The van der Waals surface area contributed by atoms with Crippen molar-refractivity contribution in [3.8, 4) is 0 Å². The normalized spacial score (nSPS) is 14.4. The zero-order valence-electron chi connectivity index (χ0n) is 17.5. The molecule has 0 unspecified atom stereocenters. The van der Waals surface area contributed by atoms with E-state index in [1.165, 1.54) is 4.90 Å². The van der Waals surface area contributed by atoms with Gasteiger partial charge >= 0.3 is 0 Å². The van der Waals surface area contributed by atoms with Gasteiger partial charge in [-0.2, -0.15) is 0 Å². The molecule has 1 aliphatic rings. The number of nitrogens with zero attached hydrogens (tertiary/aromatic N) is 2. The molecule has 1 aromatic rings. The van der Waals surface area contributed by atoms with Crippen LogP contribution in [0.25, 0.3) is 5.57 Å². The Kier molecular flexibility index (Phi) is 8.20. The first-order valence-electron chi connectivity index (χ1n) is 10.00. The average Bonchev–Trinajstić information content (AvgIpc) is 2.89. The molecule has 28 heavy (non-hydrogen) atoms. The van der Waals surface area contributed by atoms with E-state index in [0.717, 1.165) is 29.5 Å². The van der Waals surface area contributed by atoms with Crippen molar-refractivity contribution in [2.75, 3.05) is 40.0 Å². The SMILES string of the molecule is CCCCOCCCN1C(=O)C(c2ccc(C)cc2C)=C(N(C)CCO)C1=O. The van der Waals surface area contributed by atoms with Crippen LogP contribution in [-0.4, -0.2) is 66.7 Å². The second-order valence-electron chi connectivity index (χ2n) is 7.27. The Balaban J connectivity index is 2.25. The molecule has 1 N–H and O–H groups in total. The lowest BCUT2D eigenvalue weighted by Gasteiger charge is -2.20. The molecular weight excluding hydrogens is 356 g/mol. The Bertz CT molecular complexity index is 742. The van der Waals surface area contributed by atoms with Crippen LogP contribution in [0.5, 0.6) is 0 Å². The fraction of sp³-hybridized carbons (Fsp3) is 0.545. The van der Waals surface area contributed by atoms with Gasteiger partial charge < -0.3 is 14.7 Å². The van der Waals surface area contributed by atoms with E-state index in [9.17, 15) is 14.7 Å². The van der Waals surface area contributed by atoms with Gasteiger partial charge in [-0.3, -0.25) is 14.5 Å². The lowest BCUT2D eigenvalue weighted by Crippen LogP contribution is -2.36. The Morgan fingerprint density at radius 1 is 1.11 bits per heavy atom. The van der Waals surface area contributed by atoms with E-state index in [2.05, 4.69) is 6.92 Å². The second-order valence-corrected chi connectivity index (χ2v) is 7.27. The van der Waals surface area contributed by atoms with E-state index in [0.29, 0.717) is 37.4 Å². The van der Waals surface area contributed by atoms with Crippen LogP contribution >= 0.6 is 0 Å². The summed E-state index contributed by atoms with van der Waals surface area (Å²) in [6, 6.07) is 5.85. The number of hydrogen-bond acceptors (Lipinski definition) is 5. The number of benzene rings is 1. The first-order chi connectivity index (χ1) is 13.4. The number of ether oxygens (including phenoxy) is 1. The summed E-state index contributed by atoms with van der Waals surface area (Å²) < 4.78 is 5.55. The molecule has 0 fully saturated rings. The number of amides is 2. The van der Waals surface area contributed by atoms with Crippen molar-refractivity contribution in [1.82, 2.24) is 9.80 Å². The zero-order valence-corrected chi connectivity index (χ0v) is 17.5. The highest BCUT2D eigenvalue weighted by atomic mass is 16.5. The lowest BCUT2D eigenvalue weighted by atomic mass is 9.97. The summed E-state index contributed by atoms with van der Waals surface area (Å²) in [5, 5.41) is 9.32. The summed E-state index contributed by atoms with van der Waals surface area (Å²) in [7, 11) is 1.73. The third kappa shape index (κ3) is 5.00. The van der Waals surface area contributed by atoms with Gasteiger partial charge in [0.25, 0.3) is 11.8 Å². The number of rotatable bonds is 11. The molecule has 154 valence electrons. The third-order valence-corrected chi connectivity index (χ3v) is 4.92. The van der Waals surface area contributed by atoms with Crippen LogP contribution in [0.1, 0.15) is 42.9 Å². The Labute approximate surface area is 167 Å². The lowest BCUT2D eigenvalue weighted by molar-refractivity contribution is -0.137. The van der Waals surface area contributed by atoms with Gasteiger partial charge in [0.15, 0.2) is 0 Å². The number of aliphatic hydroxyl groups excluding tert-OH is 1. The molecule has 0 aromatic heterocycles. The summed E-state index contributed by atoms with van der Waals surface area (Å²) in [5.74, 6) is -0.574. The predicted molar refractivity (Wildman–Crippen MR) is 110 cm³/mol.